The van der Waals surface area contributed by atoms with Crippen LogP contribution >= 0.6 is 0 Å². The monoisotopic (exact) mass is 694 g/mol. The van der Waals surface area contributed by atoms with Crippen LogP contribution in [0.1, 0.15) is 39.9 Å². The lowest BCUT2D eigenvalue weighted by atomic mass is 9.77. The molecule has 1 atom stereocenters. The molecule has 0 radical (unpaired) electrons. The van der Waals surface area contributed by atoms with E-state index in [4.69, 9.17) is 10.5 Å². The molecule has 13 heteroatoms. The van der Waals surface area contributed by atoms with E-state index in [1.165, 1.54) is 48.9 Å². The molecule has 0 saturated carbocycles. The van der Waals surface area contributed by atoms with Gasteiger partial charge in [0.05, 0.1) is 11.4 Å². The number of hydrogen-bond acceptors (Lipinski definition) is 7. The summed E-state index contributed by atoms with van der Waals surface area (Å²) in [5, 5.41) is 0.523. The van der Waals surface area contributed by atoms with E-state index in [1.807, 2.05) is 0 Å². The second-order valence-corrected chi connectivity index (χ2v) is 13.8. The van der Waals surface area contributed by atoms with E-state index in [-0.39, 0.29) is 34.6 Å². The van der Waals surface area contributed by atoms with Gasteiger partial charge in [0.25, 0.3) is 21.5 Å². The van der Waals surface area contributed by atoms with Gasteiger partial charge in [-0.25, -0.2) is 30.9 Å². The van der Waals surface area contributed by atoms with Crippen LogP contribution in [0.2, 0.25) is 0 Å². The predicted octanol–water partition coefficient (Wildman–Crippen LogP) is 5.30. The maximum atomic E-state index is 13.8. The maximum absolute atomic E-state index is 13.8. The Kier molecular flexibility index (Phi) is 8.14. The minimum absolute atomic E-state index is 0.0338. The third kappa shape index (κ3) is 5.54. The molecule has 3 aromatic carbocycles. The van der Waals surface area contributed by atoms with Crippen LogP contribution in [0.5, 0.6) is 0 Å². The smallest absolute Gasteiger partial charge is 0.345 e. The molecular weight excluding hydrogens is 666 g/mol. The molecule has 1 amide bonds. The van der Waals surface area contributed by atoms with Crippen molar-refractivity contribution in [2.75, 3.05) is 0 Å². The quantitative estimate of drug-likeness (QED) is 0.213. The van der Waals surface area contributed by atoms with Gasteiger partial charge >= 0.3 is 5.97 Å². The van der Waals surface area contributed by atoms with E-state index < -0.39 is 44.7 Å². The normalized spacial score (nSPS) is 15.8. The van der Waals surface area contributed by atoms with Gasteiger partial charge in [0.1, 0.15) is 5.56 Å². The number of esters is 1. The SMILES string of the molecule is NC(=O)C1(OC(=O)c2cccn(Cc3ccc(F)c(F)c3)c2=O)CCCc2ccc(-c3cn(S(=O)(=O)c4ccccc4)c4ncccc34)cc21. The molecule has 7 rings (SSSR count). The zero-order valence-corrected chi connectivity index (χ0v) is 27.1. The number of halogens is 2. The van der Waals surface area contributed by atoms with E-state index in [0.717, 1.165) is 20.7 Å². The minimum atomic E-state index is -4.04. The van der Waals surface area contributed by atoms with Crippen LogP contribution < -0.4 is 11.3 Å². The summed E-state index contributed by atoms with van der Waals surface area (Å²) in [5.41, 5.74) is 5.36. The Morgan fingerprint density at radius 2 is 1.74 bits per heavy atom. The fraction of sp³-hybridized carbons (Fsp3) is 0.135. The number of pyridine rings is 2. The van der Waals surface area contributed by atoms with Gasteiger partial charge in [0.2, 0.25) is 5.60 Å². The molecule has 2 N–H and O–H groups in total. The molecule has 3 heterocycles. The lowest BCUT2D eigenvalue weighted by Crippen LogP contribution is -2.48. The van der Waals surface area contributed by atoms with Gasteiger partial charge in [-0.3, -0.25) is 9.59 Å². The topological polar surface area (TPSA) is 143 Å². The summed E-state index contributed by atoms with van der Waals surface area (Å²) in [7, 11) is -4.04. The minimum Gasteiger partial charge on any atom is -0.440 e. The van der Waals surface area contributed by atoms with Crippen LogP contribution in [0.25, 0.3) is 22.2 Å². The number of ether oxygens (including phenoxy) is 1. The number of aryl methyl sites for hydroxylation is 1. The first-order chi connectivity index (χ1) is 24.0. The van der Waals surface area contributed by atoms with E-state index >= 15 is 0 Å². The molecule has 0 fully saturated rings. The molecule has 1 aliphatic carbocycles. The molecule has 0 aliphatic heterocycles. The summed E-state index contributed by atoms with van der Waals surface area (Å²) in [6.07, 6.45) is 5.35. The van der Waals surface area contributed by atoms with Crippen LogP contribution in [0.4, 0.5) is 8.78 Å². The summed E-state index contributed by atoms with van der Waals surface area (Å²) in [6, 6.07) is 22.4. The van der Waals surface area contributed by atoms with Crippen LogP contribution in [0.3, 0.4) is 0 Å². The molecule has 10 nitrogen and oxygen atoms in total. The average molecular weight is 695 g/mol. The number of amides is 1. The Morgan fingerprint density at radius 1 is 0.940 bits per heavy atom. The fourth-order valence-electron chi connectivity index (χ4n) is 6.43. The van der Waals surface area contributed by atoms with Crippen molar-refractivity contribution in [2.45, 2.75) is 36.3 Å². The van der Waals surface area contributed by atoms with Gasteiger partial charge in [-0.2, -0.15) is 0 Å². The van der Waals surface area contributed by atoms with Gasteiger partial charge in [-0.05, 0) is 84.1 Å². The number of nitrogens with zero attached hydrogens (tertiary/aromatic N) is 3. The van der Waals surface area contributed by atoms with Gasteiger partial charge in [0, 0.05) is 41.5 Å². The molecule has 0 spiro atoms. The lowest BCUT2D eigenvalue weighted by Gasteiger charge is -2.36. The van der Waals surface area contributed by atoms with Crippen molar-refractivity contribution in [3.8, 4) is 11.1 Å². The third-order valence-corrected chi connectivity index (χ3v) is 10.6. The maximum Gasteiger partial charge on any atom is 0.345 e. The van der Waals surface area contributed by atoms with Crippen molar-refractivity contribution in [2.24, 2.45) is 5.73 Å². The van der Waals surface area contributed by atoms with Gasteiger partial charge in [-0.1, -0.05) is 36.4 Å². The summed E-state index contributed by atoms with van der Waals surface area (Å²) >= 11 is 0. The summed E-state index contributed by atoms with van der Waals surface area (Å²) in [5.74, 6) is -4.16. The summed E-state index contributed by atoms with van der Waals surface area (Å²) < 4.78 is 62.8. The number of fused-ring (bicyclic) bond motifs is 2. The number of primary amides is 1. The van der Waals surface area contributed by atoms with Crippen molar-refractivity contribution in [3.05, 3.63) is 154 Å². The predicted molar refractivity (Wildman–Crippen MR) is 180 cm³/mol. The molecule has 0 saturated heterocycles. The van der Waals surface area contributed by atoms with E-state index in [1.54, 1.807) is 48.5 Å². The Hall–Kier alpha value is -5.95. The molecule has 6 aromatic rings. The van der Waals surface area contributed by atoms with Crippen LogP contribution in [0.15, 0.2) is 119 Å². The molecule has 252 valence electrons. The van der Waals surface area contributed by atoms with Crippen molar-refractivity contribution in [3.63, 3.8) is 0 Å². The number of hydrogen-bond donors (Lipinski definition) is 1. The lowest BCUT2D eigenvalue weighted by molar-refractivity contribution is -0.140. The number of rotatable bonds is 8. The second kappa shape index (κ2) is 12.5. The molecule has 1 unspecified atom stereocenters. The third-order valence-electron chi connectivity index (χ3n) is 8.90. The van der Waals surface area contributed by atoms with E-state index in [9.17, 15) is 31.6 Å². The fourth-order valence-corrected chi connectivity index (χ4v) is 7.77. The Morgan fingerprint density at radius 3 is 2.50 bits per heavy atom. The largest absolute Gasteiger partial charge is 0.440 e. The second-order valence-electron chi connectivity index (χ2n) is 11.9. The van der Waals surface area contributed by atoms with Crippen molar-refractivity contribution in [1.29, 1.82) is 0 Å². The standard InChI is InChI=1S/C37H28F2N4O6S/c38-31-15-12-23(19-32(31)39)21-42-18-6-11-28(34(42)44)35(45)49-37(36(40)46)16-4-7-24-13-14-25(20-30(24)37)29-22-43(33-27(29)10-5-17-41-33)50(47,48)26-8-2-1-3-9-26/h1-3,5-6,8-15,17-20,22H,4,7,16,21H2,(H2,40,46). The van der Waals surface area contributed by atoms with Crippen LogP contribution in [-0.2, 0) is 38.1 Å². The number of aromatic nitrogens is 3. The highest BCUT2D eigenvalue weighted by Gasteiger charge is 2.46. The molecule has 50 heavy (non-hydrogen) atoms. The summed E-state index contributed by atoms with van der Waals surface area (Å²) in [6.45, 7) is -0.160. The first-order valence-corrected chi connectivity index (χ1v) is 17.0. The molecule has 3 aromatic heterocycles. The number of nitrogens with two attached hydrogens (primary N) is 1. The Bertz CT molecular complexity index is 2500. The number of carbonyl (C=O) groups excluding carboxylic acids is 2. The molecular formula is C37H28F2N4O6S. The zero-order valence-electron chi connectivity index (χ0n) is 26.3. The Labute approximate surface area is 284 Å². The zero-order chi connectivity index (χ0) is 35.2. The molecule has 1 aliphatic rings. The van der Waals surface area contributed by atoms with Crippen LogP contribution in [-0.4, -0.2) is 33.8 Å². The van der Waals surface area contributed by atoms with Crippen molar-refractivity contribution in [1.82, 2.24) is 13.5 Å². The van der Waals surface area contributed by atoms with E-state index in [2.05, 4.69) is 4.98 Å². The van der Waals surface area contributed by atoms with Crippen molar-refractivity contribution >= 4 is 32.9 Å². The van der Waals surface area contributed by atoms with Crippen LogP contribution in [0, 0.1) is 11.6 Å². The summed E-state index contributed by atoms with van der Waals surface area (Å²) in [4.78, 5) is 44.8. The number of benzene rings is 3. The number of carbonyl (C=O) groups is 2. The highest BCUT2D eigenvalue weighted by molar-refractivity contribution is 7.90. The van der Waals surface area contributed by atoms with Gasteiger partial charge in [-0.15, -0.1) is 0 Å². The van der Waals surface area contributed by atoms with Crippen molar-refractivity contribution < 1.29 is 31.5 Å². The molecule has 0 bridgehead atoms. The first kappa shape index (κ1) is 32.6. The van der Waals surface area contributed by atoms with Gasteiger partial charge < -0.3 is 15.0 Å². The van der Waals surface area contributed by atoms with E-state index in [0.29, 0.717) is 40.5 Å². The van der Waals surface area contributed by atoms with Gasteiger partial charge in [0.15, 0.2) is 17.3 Å². The first-order valence-electron chi connectivity index (χ1n) is 15.6. The Balaban J connectivity index is 1.28. The average Bonchev–Trinajstić information content (AvgIpc) is 3.52. The highest BCUT2D eigenvalue weighted by Crippen LogP contribution is 2.42. The highest BCUT2D eigenvalue weighted by atomic mass is 32.2.